The molecular weight excluding hydrogens is 511 g/mol. The van der Waals surface area contributed by atoms with Crippen molar-refractivity contribution in [1.82, 2.24) is 15.6 Å². The second-order valence-corrected chi connectivity index (χ2v) is 8.15. The summed E-state index contributed by atoms with van der Waals surface area (Å²) in [4.78, 5) is 11.4. The second-order valence-electron chi connectivity index (χ2n) is 8.15. The second kappa shape index (κ2) is 10.6. The van der Waals surface area contributed by atoms with Gasteiger partial charge in [0.05, 0.1) is 0 Å². The number of pyridine rings is 1. The summed E-state index contributed by atoms with van der Waals surface area (Å²) in [5, 5.41) is 6.89. The standard InChI is InChI=1S/C23H29F2N5.HI/c1-3-26-23(29-20-13-17(20)22-18(24)5-4-6-19(22)25)28-16-9-11-30(12-10-16)21-8-7-15(2)14-27-21;/h4-8,14,16-17,20H,3,9-13H2,1-2H3,(H2,26,28,29);1H. The Labute approximate surface area is 199 Å². The number of nitrogens with zero attached hydrogens (tertiary/aromatic N) is 3. The van der Waals surface area contributed by atoms with E-state index in [0.717, 1.165) is 43.3 Å². The lowest BCUT2D eigenvalue weighted by Crippen LogP contribution is -2.49. The molecule has 0 radical (unpaired) electrons. The van der Waals surface area contributed by atoms with E-state index in [1.807, 2.05) is 20.0 Å². The number of aliphatic imine (C=N–C) groups is 1. The van der Waals surface area contributed by atoms with Gasteiger partial charge in [0.1, 0.15) is 17.5 Å². The maximum Gasteiger partial charge on any atom is 0.191 e. The van der Waals surface area contributed by atoms with Crippen LogP contribution in [0.3, 0.4) is 0 Å². The Hall–Kier alpha value is -1.97. The molecule has 1 aromatic heterocycles. The molecule has 2 atom stereocenters. The number of hydrogen-bond donors (Lipinski definition) is 2. The third-order valence-electron chi connectivity index (χ3n) is 5.85. The van der Waals surface area contributed by atoms with Gasteiger partial charge in [-0.3, -0.25) is 4.99 Å². The summed E-state index contributed by atoms with van der Waals surface area (Å²) in [6.07, 6.45) is 4.58. The molecule has 2 aliphatic rings. The first kappa shape index (κ1) is 23.7. The van der Waals surface area contributed by atoms with Gasteiger partial charge in [-0.25, -0.2) is 13.8 Å². The minimum atomic E-state index is -0.469. The van der Waals surface area contributed by atoms with Crippen molar-refractivity contribution in [2.75, 3.05) is 24.5 Å². The molecule has 168 valence electrons. The number of guanidine groups is 1. The molecule has 0 amide bonds. The van der Waals surface area contributed by atoms with Gasteiger partial charge in [0.25, 0.3) is 0 Å². The molecule has 2 N–H and O–H groups in total. The number of anilines is 1. The van der Waals surface area contributed by atoms with Gasteiger partial charge in [-0.2, -0.15) is 0 Å². The van der Waals surface area contributed by atoms with Gasteiger partial charge in [-0.1, -0.05) is 12.1 Å². The molecule has 1 aliphatic heterocycles. The zero-order valence-corrected chi connectivity index (χ0v) is 20.3. The van der Waals surface area contributed by atoms with Gasteiger partial charge >= 0.3 is 0 Å². The zero-order chi connectivity index (χ0) is 21.1. The monoisotopic (exact) mass is 541 g/mol. The highest BCUT2D eigenvalue weighted by Crippen LogP contribution is 2.43. The Morgan fingerprint density at radius 1 is 1.13 bits per heavy atom. The maximum atomic E-state index is 14.0. The van der Waals surface area contributed by atoms with E-state index in [1.165, 1.54) is 18.2 Å². The van der Waals surface area contributed by atoms with Crippen LogP contribution in [0.5, 0.6) is 0 Å². The molecule has 1 aliphatic carbocycles. The summed E-state index contributed by atoms with van der Waals surface area (Å²) in [6, 6.07) is 8.53. The lowest BCUT2D eigenvalue weighted by atomic mass is 10.1. The van der Waals surface area contributed by atoms with E-state index in [1.54, 1.807) is 0 Å². The van der Waals surface area contributed by atoms with Crippen LogP contribution in [0.25, 0.3) is 0 Å². The Balaban J connectivity index is 0.00000272. The summed E-state index contributed by atoms with van der Waals surface area (Å²) in [5.74, 6) is 0.664. The van der Waals surface area contributed by atoms with Gasteiger partial charge in [0.2, 0.25) is 0 Å². The van der Waals surface area contributed by atoms with E-state index in [-0.39, 0.29) is 41.5 Å². The lowest BCUT2D eigenvalue weighted by Gasteiger charge is -2.34. The topological polar surface area (TPSA) is 52.6 Å². The molecule has 5 nitrogen and oxygen atoms in total. The smallest absolute Gasteiger partial charge is 0.191 e. The number of nitrogens with one attached hydrogen (secondary N) is 2. The van der Waals surface area contributed by atoms with Crippen LogP contribution in [0.4, 0.5) is 14.6 Å². The molecule has 4 rings (SSSR count). The van der Waals surface area contributed by atoms with Crippen molar-refractivity contribution in [3.63, 3.8) is 0 Å². The van der Waals surface area contributed by atoms with Crippen molar-refractivity contribution in [2.45, 2.75) is 51.1 Å². The highest BCUT2D eigenvalue weighted by atomic mass is 127. The number of piperidine rings is 1. The van der Waals surface area contributed by atoms with E-state index in [2.05, 4.69) is 37.6 Å². The molecule has 8 heteroatoms. The number of rotatable bonds is 5. The first-order valence-electron chi connectivity index (χ1n) is 10.7. The number of hydrogen-bond acceptors (Lipinski definition) is 3. The van der Waals surface area contributed by atoms with Crippen LogP contribution in [0.1, 0.15) is 43.2 Å². The highest BCUT2D eigenvalue weighted by Gasteiger charge is 2.42. The molecule has 0 bridgehead atoms. The third-order valence-corrected chi connectivity index (χ3v) is 5.85. The van der Waals surface area contributed by atoms with Crippen molar-refractivity contribution in [3.8, 4) is 0 Å². The number of aromatic nitrogens is 1. The van der Waals surface area contributed by atoms with Crippen LogP contribution in [0.2, 0.25) is 0 Å². The molecule has 2 fully saturated rings. The van der Waals surface area contributed by atoms with Crippen molar-refractivity contribution < 1.29 is 8.78 Å². The molecule has 31 heavy (non-hydrogen) atoms. The maximum absolute atomic E-state index is 14.0. The van der Waals surface area contributed by atoms with Crippen LogP contribution in [0.15, 0.2) is 41.5 Å². The number of aryl methyl sites for hydroxylation is 1. The number of benzene rings is 1. The normalized spacial score (nSPS) is 21.4. The Bertz CT molecular complexity index is 877. The van der Waals surface area contributed by atoms with Crippen LogP contribution < -0.4 is 15.5 Å². The van der Waals surface area contributed by atoms with Crippen LogP contribution >= 0.6 is 24.0 Å². The summed E-state index contributed by atoms with van der Waals surface area (Å²) in [5.41, 5.74) is 1.35. The summed E-state index contributed by atoms with van der Waals surface area (Å²) >= 11 is 0. The van der Waals surface area contributed by atoms with Gasteiger partial charge in [-0.15, -0.1) is 24.0 Å². The largest absolute Gasteiger partial charge is 0.356 e. The Kier molecular flexibility index (Phi) is 8.07. The zero-order valence-electron chi connectivity index (χ0n) is 17.9. The fourth-order valence-electron chi connectivity index (χ4n) is 4.10. The Morgan fingerprint density at radius 2 is 1.84 bits per heavy atom. The molecule has 2 unspecified atom stereocenters. The summed E-state index contributed by atoms with van der Waals surface area (Å²) < 4.78 is 28.1. The predicted octanol–water partition coefficient (Wildman–Crippen LogP) is 4.37. The quantitative estimate of drug-likeness (QED) is 0.336. The molecule has 2 aromatic rings. The molecular formula is C23H30F2IN5. The first-order chi connectivity index (χ1) is 14.5. The van der Waals surface area contributed by atoms with Crippen molar-refractivity contribution in [3.05, 3.63) is 59.3 Å². The average molecular weight is 541 g/mol. The van der Waals surface area contributed by atoms with E-state index >= 15 is 0 Å². The van der Waals surface area contributed by atoms with Crippen molar-refractivity contribution >= 4 is 35.8 Å². The highest BCUT2D eigenvalue weighted by molar-refractivity contribution is 14.0. The molecule has 1 saturated heterocycles. The minimum absolute atomic E-state index is 0. The third kappa shape index (κ3) is 5.84. The van der Waals surface area contributed by atoms with E-state index in [4.69, 9.17) is 0 Å². The number of halogens is 3. The van der Waals surface area contributed by atoms with E-state index in [0.29, 0.717) is 19.0 Å². The van der Waals surface area contributed by atoms with Gasteiger partial charge in [0, 0.05) is 49.4 Å². The minimum Gasteiger partial charge on any atom is -0.356 e. The molecule has 2 heterocycles. The van der Waals surface area contributed by atoms with Crippen molar-refractivity contribution in [1.29, 1.82) is 0 Å². The van der Waals surface area contributed by atoms with Gasteiger partial charge in [-0.05, 0) is 56.9 Å². The van der Waals surface area contributed by atoms with Crippen LogP contribution in [0, 0.1) is 18.6 Å². The molecule has 1 aromatic carbocycles. The first-order valence-corrected chi connectivity index (χ1v) is 10.7. The Morgan fingerprint density at radius 3 is 2.45 bits per heavy atom. The van der Waals surface area contributed by atoms with Gasteiger partial charge < -0.3 is 15.5 Å². The predicted molar refractivity (Wildman–Crippen MR) is 131 cm³/mol. The summed E-state index contributed by atoms with van der Waals surface area (Å²) in [7, 11) is 0. The molecule has 0 spiro atoms. The van der Waals surface area contributed by atoms with Crippen LogP contribution in [-0.2, 0) is 0 Å². The fourth-order valence-corrected chi connectivity index (χ4v) is 4.10. The van der Waals surface area contributed by atoms with Gasteiger partial charge in [0.15, 0.2) is 5.96 Å². The van der Waals surface area contributed by atoms with E-state index < -0.39 is 11.6 Å². The van der Waals surface area contributed by atoms with Crippen LogP contribution in [-0.4, -0.2) is 42.7 Å². The molecule has 1 saturated carbocycles. The SMILES string of the molecule is CCN=C(NC1CCN(c2ccc(C)cn2)CC1)NC1CC1c1c(F)cccc1F.I. The lowest BCUT2D eigenvalue weighted by molar-refractivity contribution is 0.459. The average Bonchev–Trinajstić information content (AvgIpc) is 3.48. The fraction of sp³-hybridized carbons (Fsp3) is 0.478. The van der Waals surface area contributed by atoms with E-state index in [9.17, 15) is 8.78 Å². The van der Waals surface area contributed by atoms with Crippen molar-refractivity contribution in [2.24, 2.45) is 4.99 Å². The summed E-state index contributed by atoms with van der Waals surface area (Å²) in [6.45, 7) is 6.53.